The quantitative estimate of drug-likeness (QED) is 0.491. The SMILES string of the molecule is O=c1nc[nH]n2c([N+](=O)[O-])ccc12. The van der Waals surface area contributed by atoms with Gasteiger partial charge in [-0.1, -0.05) is 0 Å². The fourth-order valence-electron chi connectivity index (χ4n) is 1.08. The van der Waals surface area contributed by atoms with Gasteiger partial charge in [-0.15, -0.1) is 4.52 Å². The Kier molecular flexibility index (Phi) is 1.38. The molecule has 0 spiro atoms. The number of aromatic amines is 1. The summed E-state index contributed by atoms with van der Waals surface area (Å²) < 4.78 is 1.08. The van der Waals surface area contributed by atoms with Crippen LogP contribution < -0.4 is 5.56 Å². The molecule has 7 heteroatoms. The molecule has 13 heavy (non-hydrogen) atoms. The van der Waals surface area contributed by atoms with E-state index in [2.05, 4.69) is 10.1 Å². The smallest absolute Gasteiger partial charge is 0.347 e. The highest BCUT2D eigenvalue weighted by molar-refractivity contribution is 5.49. The van der Waals surface area contributed by atoms with Crippen molar-refractivity contribution in [1.29, 1.82) is 0 Å². The van der Waals surface area contributed by atoms with Crippen molar-refractivity contribution in [3.8, 4) is 0 Å². The third-order valence-electron chi connectivity index (χ3n) is 1.64. The fraction of sp³-hybridized carbons (Fsp3) is 0. The summed E-state index contributed by atoms with van der Waals surface area (Å²) in [5.41, 5.74) is -0.332. The summed E-state index contributed by atoms with van der Waals surface area (Å²) in [4.78, 5) is 24.3. The highest BCUT2D eigenvalue weighted by Gasteiger charge is 2.14. The molecule has 7 nitrogen and oxygen atoms in total. The summed E-state index contributed by atoms with van der Waals surface area (Å²) in [6.07, 6.45) is 1.11. The van der Waals surface area contributed by atoms with E-state index in [1.165, 1.54) is 12.1 Å². The van der Waals surface area contributed by atoms with Crippen molar-refractivity contribution >= 4 is 11.3 Å². The van der Waals surface area contributed by atoms with Crippen LogP contribution in [0.5, 0.6) is 0 Å². The number of nitro groups is 1. The number of nitrogens with zero attached hydrogens (tertiary/aromatic N) is 3. The molecule has 2 rings (SSSR count). The third-order valence-corrected chi connectivity index (χ3v) is 1.64. The van der Waals surface area contributed by atoms with E-state index in [1.807, 2.05) is 0 Å². The maximum Gasteiger partial charge on any atom is 0.347 e. The van der Waals surface area contributed by atoms with Crippen molar-refractivity contribution in [2.75, 3.05) is 0 Å². The van der Waals surface area contributed by atoms with E-state index in [0.717, 1.165) is 10.8 Å². The maximum absolute atomic E-state index is 11.0. The van der Waals surface area contributed by atoms with Gasteiger partial charge in [0, 0.05) is 12.1 Å². The van der Waals surface area contributed by atoms with Gasteiger partial charge < -0.3 is 10.1 Å². The lowest BCUT2D eigenvalue weighted by Crippen LogP contribution is -2.11. The predicted molar refractivity (Wildman–Crippen MR) is 42.5 cm³/mol. The van der Waals surface area contributed by atoms with E-state index in [1.54, 1.807) is 0 Å². The van der Waals surface area contributed by atoms with E-state index >= 15 is 0 Å². The van der Waals surface area contributed by atoms with E-state index in [4.69, 9.17) is 0 Å². The lowest BCUT2D eigenvalue weighted by molar-refractivity contribution is -0.390. The molecule has 0 aliphatic carbocycles. The molecular weight excluding hydrogens is 176 g/mol. The van der Waals surface area contributed by atoms with E-state index in [-0.39, 0.29) is 11.3 Å². The Hall–Kier alpha value is -2.18. The summed E-state index contributed by atoms with van der Waals surface area (Å²) >= 11 is 0. The Morgan fingerprint density at radius 3 is 3.00 bits per heavy atom. The summed E-state index contributed by atoms with van der Waals surface area (Å²) in [6, 6.07) is 2.60. The van der Waals surface area contributed by atoms with Gasteiger partial charge in [0.25, 0.3) is 0 Å². The first-order valence-corrected chi connectivity index (χ1v) is 3.39. The van der Waals surface area contributed by atoms with Crippen molar-refractivity contribution in [2.24, 2.45) is 0 Å². The third kappa shape index (κ3) is 0.975. The van der Waals surface area contributed by atoms with Gasteiger partial charge in [0.2, 0.25) is 5.52 Å². The monoisotopic (exact) mass is 180 g/mol. The number of hydrogen-bond donors (Lipinski definition) is 1. The van der Waals surface area contributed by atoms with Gasteiger partial charge in [-0.25, -0.2) is 5.10 Å². The number of hydrogen-bond acceptors (Lipinski definition) is 4. The van der Waals surface area contributed by atoms with Crippen molar-refractivity contribution < 1.29 is 4.92 Å². The second-order valence-electron chi connectivity index (χ2n) is 2.36. The lowest BCUT2D eigenvalue weighted by Gasteiger charge is -1.91. The number of H-pyrrole nitrogens is 1. The molecule has 2 aromatic heterocycles. The topological polar surface area (TPSA) is 93.3 Å². The zero-order chi connectivity index (χ0) is 9.42. The highest BCUT2D eigenvalue weighted by atomic mass is 16.6. The first-order chi connectivity index (χ1) is 6.20. The minimum atomic E-state index is -0.580. The standard InChI is InChI=1S/C6H4N4O3/c11-6-4-1-2-5(10(12)13)9(4)8-3-7-6/h1-3H,(H,7,8,11). The number of rotatable bonds is 1. The largest absolute Gasteiger partial charge is 0.358 e. The first-order valence-electron chi connectivity index (χ1n) is 3.39. The van der Waals surface area contributed by atoms with Gasteiger partial charge in [-0.3, -0.25) is 4.79 Å². The van der Waals surface area contributed by atoms with Gasteiger partial charge in [-0.2, -0.15) is 4.98 Å². The molecule has 0 bridgehead atoms. The molecule has 0 radical (unpaired) electrons. The molecule has 66 valence electrons. The molecule has 0 saturated carbocycles. The van der Waals surface area contributed by atoms with Crippen molar-refractivity contribution in [3.63, 3.8) is 0 Å². The average Bonchev–Trinajstić information content (AvgIpc) is 2.48. The summed E-state index contributed by atoms with van der Waals surface area (Å²) in [7, 11) is 0. The van der Waals surface area contributed by atoms with Crippen molar-refractivity contribution in [3.05, 3.63) is 38.9 Å². The van der Waals surface area contributed by atoms with Crippen LogP contribution in [0.3, 0.4) is 0 Å². The Morgan fingerprint density at radius 1 is 1.54 bits per heavy atom. The molecule has 0 saturated heterocycles. The normalized spacial score (nSPS) is 10.5. The van der Waals surface area contributed by atoms with E-state index in [0.29, 0.717) is 0 Å². The van der Waals surface area contributed by atoms with Crippen LogP contribution in [0.25, 0.3) is 5.52 Å². The van der Waals surface area contributed by atoms with Crippen LogP contribution in [0.4, 0.5) is 5.82 Å². The van der Waals surface area contributed by atoms with Gasteiger partial charge >= 0.3 is 11.4 Å². The fourth-order valence-corrected chi connectivity index (χ4v) is 1.08. The van der Waals surface area contributed by atoms with Gasteiger partial charge in [-0.05, 0) is 4.92 Å². The molecular formula is C6H4N4O3. The van der Waals surface area contributed by atoms with Crippen LogP contribution in [0.1, 0.15) is 0 Å². The van der Waals surface area contributed by atoms with E-state index < -0.39 is 10.5 Å². The Balaban J connectivity index is 2.91. The van der Waals surface area contributed by atoms with Crippen LogP contribution in [-0.4, -0.2) is 19.5 Å². The second kappa shape index (κ2) is 2.41. The molecule has 0 aliphatic heterocycles. The van der Waals surface area contributed by atoms with Crippen LogP contribution in [0.15, 0.2) is 23.3 Å². The number of nitrogens with one attached hydrogen (secondary N) is 1. The Bertz CT molecular complexity index is 526. The molecule has 0 fully saturated rings. The number of aromatic nitrogens is 3. The minimum absolute atomic E-state index is 0.161. The van der Waals surface area contributed by atoms with Crippen LogP contribution in [0.2, 0.25) is 0 Å². The Morgan fingerprint density at radius 2 is 2.31 bits per heavy atom. The van der Waals surface area contributed by atoms with Crippen LogP contribution in [0, 0.1) is 10.1 Å². The molecule has 0 unspecified atom stereocenters. The molecule has 0 aromatic carbocycles. The number of fused-ring (bicyclic) bond motifs is 1. The molecule has 2 aromatic rings. The lowest BCUT2D eigenvalue weighted by atomic mass is 10.5. The zero-order valence-corrected chi connectivity index (χ0v) is 6.30. The predicted octanol–water partition coefficient (Wildman–Crippen LogP) is -0.0692. The second-order valence-corrected chi connectivity index (χ2v) is 2.36. The summed E-state index contributed by atoms with van der Waals surface area (Å²) in [5.74, 6) is -0.186. The van der Waals surface area contributed by atoms with Gasteiger partial charge in [0.1, 0.15) is 6.33 Å². The molecule has 0 aliphatic rings. The molecule has 0 atom stereocenters. The zero-order valence-electron chi connectivity index (χ0n) is 6.30. The molecule has 0 amide bonds. The Labute approximate surface area is 70.8 Å². The highest BCUT2D eigenvalue weighted by Crippen LogP contribution is 2.11. The summed E-state index contributed by atoms with van der Waals surface area (Å²) in [6.45, 7) is 0. The van der Waals surface area contributed by atoms with E-state index in [9.17, 15) is 14.9 Å². The first kappa shape index (κ1) is 7.47. The van der Waals surface area contributed by atoms with Gasteiger partial charge in [0.15, 0.2) is 0 Å². The van der Waals surface area contributed by atoms with Gasteiger partial charge in [0.05, 0.1) is 0 Å². The minimum Gasteiger partial charge on any atom is -0.358 e. The maximum atomic E-state index is 11.0. The van der Waals surface area contributed by atoms with Crippen molar-refractivity contribution in [2.45, 2.75) is 0 Å². The molecule has 1 N–H and O–H groups in total. The van der Waals surface area contributed by atoms with Crippen LogP contribution >= 0.6 is 0 Å². The van der Waals surface area contributed by atoms with Crippen LogP contribution in [-0.2, 0) is 0 Å². The summed E-state index contributed by atoms with van der Waals surface area (Å²) in [5, 5.41) is 12.9. The van der Waals surface area contributed by atoms with Crippen molar-refractivity contribution in [1.82, 2.24) is 14.6 Å². The average molecular weight is 180 g/mol. The molecule has 2 heterocycles.